The Bertz CT molecular complexity index is 860. The quantitative estimate of drug-likeness (QED) is 0.691. The maximum absolute atomic E-state index is 5.42. The number of nitrogens with one attached hydrogen (secondary N) is 1. The number of aromatic amines is 1. The van der Waals surface area contributed by atoms with Crippen molar-refractivity contribution in [3.8, 4) is 11.3 Å². The summed E-state index contributed by atoms with van der Waals surface area (Å²) in [6.07, 6.45) is 3.71. The third kappa shape index (κ3) is 2.47. The molecule has 2 heterocycles. The molecule has 3 aromatic rings. The van der Waals surface area contributed by atoms with E-state index in [1.54, 1.807) is 0 Å². The van der Waals surface area contributed by atoms with Gasteiger partial charge in [-0.05, 0) is 18.4 Å². The fourth-order valence-electron chi connectivity index (χ4n) is 2.42. The highest BCUT2D eigenvalue weighted by molar-refractivity contribution is 7.71. The van der Waals surface area contributed by atoms with Crippen LogP contribution in [-0.4, -0.2) is 15.0 Å². The molecule has 0 amide bonds. The largest absolute Gasteiger partial charge is 0.343 e. The van der Waals surface area contributed by atoms with Gasteiger partial charge in [0.05, 0.1) is 5.69 Å². The Kier molecular flexibility index (Phi) is 3.55. The first-order valence-corrected chi connectivity index (χ1v) is 7.42. The van der Waals surface area contributed by atoms with E-state index in [0.717, 1.165) is 28.0 Å². The van der Waals surface area contributed by atoms with Crippen LogP contribution < -0.4 is 0 Å². The van der Waals surface area contributed by atoms with Gasteiger partial charge in [-0.25, -0.2) is 4.98 Å². The summed E-state index contributed by atoms with van der Waals surface area (Å²) in [5, 5.41) is 2.29. The van der Waals surface area contributed by atoms with E-state index < -0.39 is 0 Å². The highest BCUT2D eigenvalue weighted by atomic mass is 32.1. The number of hydrogen-bond donors (Lipinski definition) is 1. The number of nitrogens with zero attached hydrogens (tertiary/aromatic N) is 2. The smallest absolute Gasteiger partial charge is 0.133 e. The minimum Gasteiger partial charge on any atom is -0.343 e. The minimum atomic E-state index is 0.305. The predicted octanol–water partition coefficient (Wildman–Crippen LogP) is 4.79. The van der Waals surface area contributed by atoms with Crippen molar-refractivity contribution in [1.82, 2.24) is 15.0 Å². The topological polar surface area (TPSA) is 41.6 Å². The number of H-pyrrole nitrogens is 1. The second-order valence-corrected chi connectivity index (χ2v) is 5.87. The average Bonchev–Trinajstić information content (AvgIpc) is 2.49. The molecule has 3 nitrogen and oxygen atoms in total. The van der Waals surface area contributed by atoms with Crippen molar-refractivity contribution in [3.63, 3.8) is 0 Å². The molecule has 0 unspecified atom stereocenters. The standard InChI is InChI=1S/C17H17N3S/c1-10(2)16-19-15(11(3)17(21)20-16)13-6-4-5-12-7-8-18-9-14(12)13/h4-10H,1-3H3,(H,19,20,21). The van der Waals surface area contributed by atoms with Gasteiger partial charge in [-0.3, -0.25) is 4.98 Å². The van der Waals surface area contributed by atoms with Crippen molar-refractivity contribution in [1.29, 1.82) is 0 Å². The summed E-state index contributed by atoms with van der Waals surface area (Å²) in [5.74, 6) is 1.22. The van der Waals surface area contributed by atoms with E-state index in [4.69, 9.17) is 12.2 Å². The van der Waals surface area contributed by atoms with E-state index in [9.17, 15) is 0 Å². The molecule has 0 aliphatic carbocycles. The number of benzene rings is 1. The number of rotatable bonds is 2. The molecule has 0 saturated carbocycles. The van der Waals surface area contributed by atoms with Crippen LogP contribution >= 0.6 is 12.2 Å². The molecule has 1 N–H and O–H groups in total. The van der Waals surface area contributed by atoms with Gasteiger partial charge < -0.3 is 4.98 Å². The van der Waals surface area contributed by atoms with Gasteiger partial charge in [-0.2, -0.15) is 0 Å². The summed E-state index contributed by atoms with van der Waals surface area (Å²) in [6.45, 7) is 6.23. The summed E-state index contributed by atoms with van der Waals surface area (Å²) in [5.41, 5.74) is 3.16. The Morgan fingerprint density at radius 3 is 2.76 bits per heavy atom. The molecule has 1 aromatic carbocycles. The molecule has 0 aliphatic rings. The van der Waals surface area contributed by atoms with E-state index in [1.165, 1.54) is 5.39 Å². The molecule has 3 rings (SSSR count). The molecular formula is C17H17N3S. The lowest BCUT2D eigenvalue weighted by Gasteiger charge is -2.13. The Balaban J connectivity index is 2.35. The normalized spacial score (nSPS) is 11.2. The lowest BCUT2D eigenvalue weighted by molar-refractivity contribution is 0.770. The van der Waals surface area contributed by atoms with Crippen molar-refractivity contribution in [2.75, 3.05) is 0 Å². The van der Waals surface area contributed by atoms with Crippen molar-refractivity contribution < 1.29 is 0 Å². The Hall–Kier alpha value is -2.07. The van der Waals surface area contributed by atoms with Crippen LogP contribution in [0.2, 0.25) is 0 Å². The van der Waals surface area contributed by atoms with Crippen LogP contribution in [0.1, 0.15) is 31.2 Å². The average molecular weight is 295 g/mol. The minimum absolute atomic E-state index is 0.305. The molecule has 0 spiro atoms. The summed E-state index contributed by atoms with van der Waals surface area (Å²) in [6, 6.07) is 8.27. The van der Waals surface area contributed by atoms with Crippen molar-refractivity contribution in [2.24, 2.45) is 0 Å². The molecule has 0 bridgehead atoms. The summed E-state index contributed by atoms with van der Waals surface area (Å²) < 4.78 is 0.661. The van der Waals surface area contributed by atoms with Crippen LogP contribution in [0.4, 0.5) is 0 Å². The maximum atomic E-state index is 5.42. The maximum Gasteiger partial charge on any atom is 0.133 e. The Labute approximate surface area is 129 Å². The van der Waals surface area contributed by atoms with Gasteiger partial charge in [0.2, 0.25) is 0 Å². The van der Waals surface area contributed by atoms with Crippen LogP contribution in [0.5, 0.6) is 0 Å². The lowest BCUT2D eigenvalue weighted by Crippen LogP contribution is -2.02. The van der Waals surface area contributed by atoms with Crippen LogP contribution in [0.3, 0.4) is 0 Å². The first-order chi connectivity index (χ1) is 10.1. The molecule has 0 fully saturated rings. The summed E-state index contributed by atoms with van der Waals surface area (Å²) >= 11 is 5.42. The van der Waals surface area contributed by atoms with Gasteiger partial charge in [0, 0.05) is 34.8 Å². The number of pyridine rings is 1. The van der Waals surface area contributed by atoms with Gasteiger partial charge in [0.15, 0.2) is 0 Å². The summed E-state index contributed by atoms with van der Waals surface area (Å²) in [7, 11) is 0. The van der Waals surface area contributed by atoms with Crippen molar-refractivity contribution in [3.05, 3.63) is 52.7 Å². The van der Waals surface area contributed by atoms with Crippen LogP contribution in [0, 0.1) is 11.6 Å². The van der Waals surface area contributed by atoms with E-state index in [-0.39, 0.29) is 0 Å². The van der Waals surface area contributed by atoms with Gasteiger partial charge >= 0.3 is 0 Å². The SMILES string of the molecule is Cc1c(-c2cccc3ccncc23)[nH]c(C(C)C)nc1=S. The highest BCUT2D eigenvalue weighted by Gasteiger charge is 2.12. The Morgan fingerprint density at radius 2 is 2.00 bits per heavy atom. The van der Waals surface area contributed by atoms with Crippen LogP contribution in [0.25, 0.3) is 22.0 Å². The zero-order valence-corrected chi connectivity index (χ0v) is 13.2. The molecule has 0 atom stereocenters. The zero-order valence-electron chi connectivity index (χ0n) is 12.3. The first-order valence-electron chi connectivity index (χ1n) is 7.02. The fraction of sp³-hybridized carbons (Fsp3) is 0.235. The van der Waals surface area contributed by atoms with E-state index in [2.05, 4.69) is 47.0 Å². The van der Waals surface area contributed by atoms with E-state index in [1.807, 2.05) is 25.4 Å². The molecule has 106 valence electrons. The Morgan fingerprint density at radius 1 is 1.19 bits per heavy atom. The summed E-state index contributed by atoms with van der Waals surface area (Å²) in [4.78, 5) is 12.2. The van der Waals surface area contributed by atoms with E-state index in [0.29, 0.717) is 10.6 Å². The zero-order chi connectivity index (χ0) is 15.0. The second kappa shape index (κ2) is 5.37. The molecule has 0 radical (unpaired) electrons. The van der Waals surface area contributed by atoms with Crippen molar-refractivity contribution in [2.45, 2.75) is 26.7 Å². The molecule has 2 aromatic heterocycles. The lowest BCUT2D eigenvalue weighted by atomic mass is 10.0. The molecule has 0 saturated heterocycles. The van der Waals surface area contributed by atoms with Crippen LogP contribution in [-0.2, 0) is 0 Å². The third-order valence-electron chi connectivity index (χ3n) is 3.67. The van der Waals surface area contributed by atoms with Gasteiger partial charge in [-0.15, -0.1) is 0 Å². The highest BCUT2D eigenvalue weighted by Crippen LogP contribution is 2.29. The first kappa shape index (κ1) is 13.9. The predicted molar refractivity (Wildman–Crippen MR) is 89.0 cm³/mol. The fourth-order valence-corrected chi connectivity index (χ4v) is 2.62. The van der Waals surface area contributed by atoms with Gasteiger partial charge in [0.25, 0.3) is 0 Å². The number of aromatic nitrogens is 3. The van der Waals surface area contributed by atoms with E-state index >= 15 is 0 Å². The second-order valence-electron chi connectivity index (χ2n) is 5.48. The monoisotopic (exact) mass is 295 g/mol. The molecular weight excluding hydrogens is 278 g/mol. The van der Waals surface area contributed by atoms with Gasteiger partial charge in [-0.1, -0.05) is 44.3 Å². The van der Waals surface area contributed by atoms with Gasteiger partial charge in [0.1, 0.15) is 10.5 Å². The molecule has 21 heavy (non-hydrogen) atoms. The van der Waals surface area contributed by atoms with Crippen LogP contribution in [0.15, 0.2) is 36.7 Å². The molecule has 4 heteroatoms. The number of fused-ring (bicyclic) bond motifs is 1. The third-order valence-corrected chi connectivity index (χ3v) is 4.07. The number of hydrogen-bond acceptors (Lipinski definition) is 3. The van der Waals surface area contributed by atoms with Crippen molar-refractivity contribution >= 4 is 23.0 Å². The molecule has 0 aliphatic heterocycles.